The molecule has 1 aromatic rings. The Hall–Kier alpha value is -1.73. The molecule has 1 rings (SSSR count). The van der Waals surface area contributed by atoms with Crippen molar-refractivity contribution in [2.75, 3.05) is 13.7 Å². The number of ether oxygens (including phenoxy) is 2. The van der Waals surface area contributed by atoms with Crippen molar-refractivity contribution in [3.8, 4) is 11.8 Å². The molecule has 0 saturated heterocycles. The minimum atomic E-state index is -0.568. The van der Waals surface area contributed by atoms with Crippen molar-refractivity contribution >= 4 is 17.6 Å². The molecular weight excluding hydrogens is 242 g/mol. The standard InChI is InChI=1S/C12H12ClNO3/c1-3-17-12(15)11-9(7-14)4-8(6-13)5-10(11)16-2/h4-5H,3,6H2,1-2H3. The van der Waals surface area contributed by atoms with Gasteiger partial charge >= 0.3 is 5.97 Å². The summed E-state index contributed by atoms with van der Waals surface area (Å²) in [6.07, 6.45) is 0. The number of rotatable bonds is 4. The lowest BCUT2D eigenvalue weighted by atomic mass is 10.0. The Morgan fingerprint density at radius 3 is 2.71 bits per heavy atom. The van der Waals surface area contributed by atoms with E-state index in [0.717, 1.165) is 0 Å². The van der Waals surface area contributed by atoms with Gasteiger partial charge in [-0.25, -0.2) is 4.79 Å². The number of esters is 1. The molecule has 0 fully saturated rings. The summed E-state index contributed by atoms with van der Waals surface area (Å²) in [6, 6.07) is 5.13. The highest BCUT2D eigenvalue weighted by Crippen LogP contribution is 2.26. The van der Waals surface area contributed by atoms with Gasteiger partial charge < -0.3 is 9.47 Å². The Morgan fingerprint density at radius 2 is 2.24 bits per heavy atom. The van der Waals surface area contributed by atoms with E-state index < -0.39 is 5.97 Å². The molecule has 0 saturated carbocycles. The van der Waals surface area contributed by atoms with E-state index in [2.05, 4.69) is 0 Å². The first kappa shape index (κ1) is 13.3. The van der Waals surface area contributed by atoms with Gasteiger partial charge in [-0.05, 0) is 24.6 Å². The summed E-state index contributed by atoms with van der Waals surface area (Å²) < 4.78 is 9.97. The van der Waals surface area contributed by atoms with E-state index in [-0.39, 0.29) is 23.6 Å². The summed E-state index contributed by atoms with van der Waals surface area (Å²) in [5, 5.41) is 9.02. The highest BCUT2D eigenvalue weighted by atomic mass is 35.5. The Bertz CT molecular complexity index is 466. The first-order valence-corrected chi connectivity index (χ1v) is 5.55. The molecule has 0 aliphatic rings. The second kappa shape index (κ2) is 6.12. The van der Waals surface area contributed by atoms with Crippen molar-refractivity contribution in [3.63, 3.8) is 0 Å². The van der Waals surface area contributed by atoms with E-state index in [0.29, 0.717) is 11.3 Å². The zero-order valence-electron chi connectivity index (χ0n) is 9.62. The van der Waals surface area contributed by atoms with Gasteiger partial charge in [0.15, 0.2) is 0 Å². The molecule has 0 atom stereocenters. The van der Waals surface area contributed by atoms with Crippen molar-refractivity contribution in [3.05, 3.63) is 28.8 Å². The highest BCUT2D eigenvalue weighted by Gasteiger charge is 2.19. The van der Waals surface area contributed by atoms with E-state index >= 15 is 0 Å². The minimum Gasteiger partial charge on any atom is -0.496 e. The van der Waals surface area contributed by atoms with Crippen LogP contribution in [0.4, 0.5) is 0 Å². The number of alkyl halides is 1. The van der Waals surface area contributed by atoms with Gasteiger partial charge in [-0.15, -0.1) is 11.6 Å². The number of carbonyl (C=O) groups excluding carboxylic acids is 1. The van der Waals surface area contributed by atoms with Gasteiger partial charge in [0.2, 0.25) is 0 Å². The topological polar surface area (TPSA) is 59.3 Å². The van der Waals surface area contributed by atoms with Crippen LogP contribution >= 0.6 is 11.6 Å². The quantitative estimate of drug-likeness (QED) is 0.611. The van der Waals surface area contributed by atoms with Gasteiger partial charge in [-0.3, -0.25) is 0 Å². The van der Waals surface area contributed by atoms with Crippen LogP contribution < -0.4 is 4.74 Å². The number of carbonyl (C=O) groups is 1. The van der Waals surface area contributed by atoms with Crippen LogP contribution in [0.25, 0.3) is 0 Å². The van der Waals surface area contributed by atoms with Gasteiger partial charge in [0.1, 0.15) is 17.4 Å². The number of hydrogen-bond donors (Lipinski definition) is 0. The van der Waals surface area contributed by atoms with E-state index in [1.54, 1.807) is 19.1 Å². The number of hydrogen-bond acceptors (Lipinski definition) is 4. The Morgan fingerprint density at radius 1 is 1.53 bits per heavy atom. The monoisotopic (exact) mass is 253 g/mol. The summed E-state index contributed by atoms with van der Waals surface area (Å²) in [7, 11) is 1.43. The number of halogens is 1. The molecule has 0 aromatic heterocycles. The maximum atomic E-state index is 11.7. The third-order valence-corrected chi connectivity index (χ3v) is 2.44. The van der Waals surface area contributed by atoms with E-state index in [4.69, 9.17) is 26.3 Å². The summed E-state index contributed by atoms with van der Waals surface area (Å²) in [6.45, 7) is 1.94. The lowest BCUT2D eigenvalue weighted by Gasteiger charge is -2.10. The van der Waals surface area contributed by atoms with Crippen LogP contribution in [0.5, 0.6) is 5.75 Å². The molecule has 0 amide bonds. The van der Waals surface area contributed by atoms with Crippen molar-refractivity contribution in [2.24, 2.45) is 0 Å². The predicted octanol–water partition coefficient (Wildman–Crippen LogP) is 2.48. The fourth-order valence-electron chi connectivity index (χ4n) is 1.41. The molecule has 0 radical (unpaired) electrons. The summed E-state index contributed by atoms with van der Waals surface area (Å²) in [4.78, 5) is 11.7. The lowest BCUT2D eigenvalue weighted by Crippen LogP contribution is -2.09. The third-order valence-electron chi connectivity index (χ3n) is 2.14. The number of nitrogens with zero attached hydrogens (tertiary/aromatic N) is 1. The maximum absolute atomic E-state index is 11.7. The van der Waals surface area contributed by atoms with E-state index in [1.807, 2.05) is 6.07 Å². The number of benzene rings is 1. The molecule has 0 N–H and O–H groups in total. The highest BCUT2D eigenvalue weighted by molar-refractivity contribution is 6.17. The van der Waals surface area contributed by atoms with Crippen LogP contribution in [-0.2, 0) is 10.6 Å². The Labute approximate surface area is 105 Å². The molecule has 17 heavy (non-hydrogen) atoms. The SMILES string of the molecule is CCOC(=O)c1c(C#N)cc(CCl)cc1OC. The first-order chi connectivity index (χ1) is 8.17. The lowest BCUT2D eigenvalue weighted by molar-refractivity contribution is 0.0522. The van der Waals surface area contributed by atoms with Crippen LogP contribution in [0.1, 0.15) is 28.4 Å². The normalized spacial score (nSPS) is 9.53. The summed E-state index contributed by atoms with van der Waals surface area (Å²) in [5.41, 5.74) is 1.07. The zero-order valence-corrected chi connectivity index (χ0v) is 10.4. The smallest absolute Gasteiger partial charge is 0.343 e. The average Bonchev–Trinajstić information content (AvgIpc) is 2.37. The van der Waals surface area contributed by atoms with Crippen molar-refractivity contribution < 1.29 is 14.3 Å². The molecule has 0 aliphatic heterocycles. The molecular formula is C12H12ClNO3. The van der Waals surface area contributed by atoms with Crippen LogP contribution in [0.3, 0.4) is 0 Å². The Balaban J connectivity index is 3.35. The minimum absolute atomic E-state index is 0.144. The second-order valence-electron chi connectivity index (χ2n) is 3.19. The molecule has 90 valence electrons. The van der Waals surface area contributed by atoms with Gasteiger partial charge in [0, 0.05) is 5.88 Å². The summed E-state index contributed by atoms with van der Waals surface area (Å²) >= 11 is 5.70. The van der Waals surface area contributed by atoms with Crippen molar-refractivity contribution in [1.29, 1.82) is 5.26 Å². The molecule has 0 bridgehead atoms. The van der Waals surface area contributed by atoms with Gasteiger partial charge in [-0.1, -0.05) is 0 Å². The zero-order chi connectivity index (χ0) is 12.8. The fraction of sp³-hybridized carbons (Fsp3) is 0.333. The fourth-order valence-corrected chi connectivity index (χ4v) is 1.57. The molecule has 0 aliphatic carbocycles. The van der Waals surface area contributed by atoms with Gasteiger partial charge in [-0.2, -0.15) is 5.26 Å². The van der Waals surface area contributed by atoms with E-state index in [1.165, 1.54) is 7.11 Å². The van der Waals surface area contributed by atoms with Crippen LogP contribution in [0.2, 0.25) is 0 Å². The molecule has 0 spiro atoms. The van der Waals surface area contributed by atoms with Crippen molar-refractivity contribution in [2.45, 2.75) is 12.8 Å². The average molecular weight is 254 g/mol. The predicted molar refractivity (Wildman–Crippen MR) is 63.2 cm³/mol. The van der Waals surface area contributed by atoms with Crippen LogP contribution in [0, 0.1) is 11.3 Å². The number of nitriles is 1. The molecule has 0 heterocycles. The van der Waals surface area contributed by atoms with Gasteiger partial charge in [0.05, 0.1) is 19.3 Å². The molecule has 5 heteroatoms. The van der Waals surface area contributed by atoms with Crippen LogP contribution in [0.15, 0.2) is 12.1 Å². The second-order valence-corrected chi connectivity index (χ2v) is 3.45. The molecule has 1 aromatic carbocycles. The van der Waals surface area contributed by atoms with Crippen LogP contribution in [-0.4, -0.2) is 19.7 Å². The van der Waals surface area contributed by atoms with Crippen molar-refractivity contribution in [1.82, 2.24) is 0 Å². The van der Waals surface area contributed by atoms with Gasteiger partial charge in [0.25, 0.3) is 0 Å². The Kier molecular flexibility index (Phi) is 4.80. The third kappa shape index (κ3) is 2.89. The molecule has 4 nitrogen and oxygen atoms in total. The largest absolute Gasteiger partial charge is 0.496 e. The molecule has 0 unspecified atom stereocenters. The summed E-state index contributed by atoms with van der Waals surface area (Å²) in [5.74, 6) is -0.0195. The van der Waals surface area contributed by atoms with E-state index in [9.17, 15) is 4.79 Å². The number of methoxy groups -OCH3 is 1. The first-order valence-electron chi connectivity index (χ1n) is 5.02. The maximum Gasteiger partial charge on any atom is 0.343 e.